The van der Waals surface area contributed by atoms with Crippen LogP contribution in [0.1, 0.15) is 26.7 Å². The Morgan fingerprint density at radius 2 is 1.88 bits per heavy atom. The van der Waals surface area contributed by atoms with Gasteiger partial charge in [-0.05, 0) is 13.3 Å². The molecule has 1 heterocycles. The standard InChI is InChI=1S/C13H29N3O/c1-3-5-13(12-14)16-8-6-15(7-9-16)10-11-17-4-2/h13H,3-12,14H2,1-2H3. The molecule has 1 rings (SSSR count). The first-order valence-corrected chi connectivity index (χ1v) is 7.06. The second kappa shape index (κ2) is 8.86. The maximum absolute atomic E-state index is 5.85. The van der Waals surface area contributed by atoms with Crippen LogP contribution in [0.25, 0.3) is 0 Å². The maximum atomic E-state index is 5.85. The van der Waals surface area contributed by atoms with Gasteiger partial charge in [-0.1, -0.05) is 13.3 Å². The molecule has 0 aliphatic carbocycles. The van der Waals surface area contributed by atoms with Crippen LogP contribution in [0.2, 0.25) is 0 Å². The molecule has 1 atom stereocenters. The summed E-state index contributed by atoms with van der Waals surface area (Å²) >= 11 is 0. The number of hydrogen-bond donors (Lipinski definition) is 1. The molecule has 0 saturated carbocycles. The SMILES string of the molecule is CCCC(CN)N1CCN(CCOCC)CC1. The van der Waals surface area contributed by atoms with Crippen LogP contribution in [0.5, 0.6) is 0 Å². The molecule has 0 amide bonds. The van der Waals surface area contributed by atoms with E-state index in [1.54, 1.807) is 0 Å². The van der Waals surface area contributed by atoms with E-state index in [1.165, 1.54) is 12.8 Å². The fourth-order valence-electron chi connectivity index (χ4n) is 2.47. The number of hydrogen-bond acceptors (Lipinski definition) is 4. The van der Waals surface area contributed by atoms with Crippen LogP contribution in [0.3, 0.4) is 0 Å². The molecule has 4 heteroatoms. The second-order valence-corrected chi connectivity index (χ2v) is 4.75. The molecule has 1 aliphatic heterocycles. The molecule has 1 fully saturated rings. The number of nitrogens with two attached hydrogens (primary N) is 1. The second-order valence-electron chi connectivity index (χ2n) is 4.75. The van der Waals surface area contributed by atoms with Crippen molar-refractivity contribution in [3.63, 3.8) is 0 Å². The summed E-state index contributed by atoms with van der Waals surface area (Å²) in [5, 5.41) is 0. The van der Waals surface area contributed by atoms with Crippen molar-refractivity contribution >= 4 is 0 Å². The first kappa shape index (κ1) is 14.9. The highest BCUT2D eigenvalue weighted by molar-refractivity contribution is 4.78. The zero-order valence-corrected chi connectivity index (χ0v) is 11.5. The summed E-state index contributed by atoms with van der Waals surface area (Å²) in [4.78, 5) is 5.05. The molecule has 1 unspecified atom stereocenters. The molecule has 2 N–H and O–H groups in total. The van der Waals surface area contributed by atoms with Gasteiger partial charge in [0.1, 0.15) is 0 Å². The highest BCUT2D eigenvalue weighted by Crippen LogP contribution is 2.10. The lowest BCUT2D eigenvalue weighted by Crippen LogP contribution is -2.52. The normalized spacial score (nSPS) is 20.6. The predicted molar refractivity (Wildman–Crippen MR) is 72.3 cm³/mol. The first-order chi connectivity index (χ1) is 8.31. The van der Waals surface area contributed by atoms with E-state index in [0.717, 1.165) is 52.5 Å². The van der Waals surface area contributed by atoms with Gasteiger partial charge in [0.05, 0.1) is 6.61 Å². The molecule has 102 valence electrons. The summed E-state index contributed by atoms with van der Waals surface area (Å²) in [6, 6.07) is 0.592. The smallest absolute Gasteiger partial charge is 0.0593 e. The lowest BCUT2D eigenvalue weighted by atomic mass is 10.1. The van der Waals surface area contributed by atoms with Gasteiger partial charge >= 0.3 is 0 Å². The van der Waals surface area contributed by atoms with Crippen molar-refractivity contribution < 1.29 is 4.74 Å². The fourth-order valence-corrected chi connectivity index (χ4v) is 2.47. The summed E-state index contributed by atoms with van der Waals surface area (Å²) in [5.74, 6) is 0. The Labute approximate surface area is 106 Å². The topological polar surface area (TPSA) is 41.7 Å². The molecular weight excluding hydrogens is 214 g/mol. The van der Waals surface area contributed by atoms with E-state index in [0.29, 0.717) is 6.04 Å². The zero-order chi connectivity index (χ0) is 12.5. The third kappa shape index (κ3) is 5.34. The molecule has 0 spiro atoms. The summed E-state index contributed by atoms with van der Waals surface area (Å²) in [6.45, 7) is 12.5. The lowest BCUT2D eigenvalue weighted by Gasteiger charge is -2.38. The van der Waals surface area contributed by atoms with E-state index >= 15 is 0 Å². The molecule has 1 saturated heterocycles. The molecule has 1 aliphatic rings. The Kier molecular flexibility index (Phi) is 7.77. The van der Waals surface area contributed by atoms with E-state index in [4.69, 9.17) is 10.5 Å². The van der Waals surface area contributed by atoms with Gasteiger partial charge in [0.25, 0.3) is 0 Å². The summed E-state index contributed by atoms with van der Waals surface area (Å²) < 4.78 is 5.39. The van der Waals surface area contributed by atoms with Crippen molar-refractivity contribution in [1.82, 2.24) is 9.80 Å². The van der Waals surface area contributed by atoms with Crippen LogP contribution < -0.4 is 5.73 Å². The summed E-state index contributed by atoms with van der Waals surface area (Å²) in [7, 11) is 0. The minimum atomic E-state index is 0.592. The Hall–Kier alpha value is -0.160. The van der Waals surface area contributed by atoms with Gasteiger partial charge in [0.15, 0.2) is 0 Å². The highest BCUT2D eigenvalue weighted by atomic mass is 16.5. The monoisotopic (exact) mass is 243 g/mol. The molecule has 0 aromatic heterocycles. The Morgan fingerprint density at radius 3 is 2.41 bits per heavy atom. The van der Waals surface area contributed by atoms with Crippen LogP contribution in [0.15, 0.2) is 0 Å². The summed E-state index contributed by atoms with van der Waals surface area (Å²) in [6.07, 6.45) is 2.46. The van der Waals surface area contributed by atoms with Gasteiger partial charge in [0.2, 0.25) is 0 Å². The number of ether oxygens (including phenoxy) is 1. The van der Waals surface area contributed by atoms with Crippen LogP contribution in [0.4, 0.5) is 0 Å². The third-order valence-electron chi connectivity index (χ3n) is 3.57. The minimum Gasteiger partial charge on any atom is -0.380 e. The van der Waals surface area contributed by atoms with Crippen molar-refractivity contribution in [3.8, 4) is 0 Å². The van der Waals surface area contributed by atoms with E-state index in [1.807, 2.05) is 0 Å². The van der Waals surface area contributed by atoms with E-state index < -0.39 is 0 Å². The maximum Gasteiger partial charge on any atom is 0.0593 e. The zero-order valence-electron chi connectivity index (χ0n) is 11.5. The largest absolute Gasteiger partial charge is 0.380 e. The fraction of sp³-hybridized carbons (Fsp3) is 1.00. The Balaban J connectivity index is 2.19. The summed E-state index contributed by atoms with van der Waals surface area (Å²) in [5.41, 5.74) is 5.85. The van der Waals surface area contributed by atoms with Crippen molar-refractivity contribution in [3.05, 3.63) is 0 Å². The van der Waals surface area contributed by atoms with Crippen molar-refractivity contribution in [2.75, 3.05) is 52.5 Å². The van der Waals surface area contributed by atoms with Crippen LogP contribution >= 0.6 is 0 Å². The van der Waals surface area contributed by atoms with Gasteiger partial charge in [-0.25, -0.2) is 0 Å². The predicted octanol–water partition coefficient (Wildman–Crippen LogP) is 0.768. The molecule has 4 nitrogen and oxygen atoms in total. The van der Waals surface area contributed by atoms with Gasteiger partial charge < -0.3 is 10.5 Å². The Bertz CT molecular complexity index is 182. The van der Waals surface area contributed by atoms with E-state index in [9.17, 15) is 0 Å². The van der Waals surface area contributed by atoms with E-state index in [2.05, 4.69) is 23.6 Å². The molecule has 17 heavy (non-hydrogen) atoms. The van der Waals surface area contributed by atoms with Crippen molar-refractivity contribution in [1.29, 1.82) is 0 Å². The molecular formula is C13H29N3O. The van der Waals surface area contributed by atoms with Crippen molar-refractivity contribution in [2.24, 2.45) is 5.73 Å². The Morgan fingerprint density at radius 1 is 1.18 bits per heavy atom. The van der Waals surface area contributed by atoms with Crippen LogP contribution in [0, 0.1) is 0 Å². The lowest BCUT2D eigenvalue weighted by molar-refractivity contribution is 0.0639. The van der Waals surface area contributed by atoms with E-state index in [-0.39, 0.29) is 0 Å². The van der Waals surface area contributed by atoms with Crippen LogP contribution in [-0.2, 0) is 4.74 Å². The third-order valence-corrected chi connectivity index (χ3v) is 3.57. The number of nitrogens with zero attached hydrogens (tertiary/aromatic N) is 2. The molecule has 0 bridgehead atoms. The van der Waals surface area contributed by atoms with Gasteiger partial charge in [-0.2, -0.15) is 0 Å². The number of rotatable bonds is 8. The quantitative estimate of drug-likeness (QED) is 0.639. The highest BCUT2D eigenvalue weighted by Gasteiger charge is 2.21. The minimum absolute atomic E-state index is 0.592. The average molecular weight is 243 g/mol. The average Bonchev–Trinajstić information content (AvgIpc) is 2.37. The van der Waals surface area contributed by atoms with Crippen LogP contribution in [-0.4, -0.2) is 68.3 Å². The van der Waals surface area contributed by atoms with Gasteiger partial charge in [-0.15, -0.1) is 0 Å². The molecule has 0 aromatic carbocycles. The first-order valence-electron chi connectivity index (χ1n) is 7.06. The number of piperazine rings is 1. The van der Waals surface area contributed by atoms with Gasteiger partial charge in [-0.3, -0.25) is 9.80 Å². The molecule has 0 radical (unpaired) electrons. The molecule has 0 aromatic rings. The van der Waals surface area contributed by atoms with Gasteiger partial charge in [0, 0.05) is 51.9 Å². The van der Waals surface area contributed by atoms with Crippen molar-refractivity contribution in [2.45, 2.75) is 32.7 Å².